The summed E-state index contributed by atoms with van der Waals surface area (Å²) >= 11 is 1.43. The fourth-order valence-electron chi connectivity index (χ4n) is 1.35. The SMILES string of the molecule is CCCSC1=CC(=O)c2[nH]ncc2C1=O.CNC(C)=O. The highest BCUT2D eigenvalue weighted by Gasteiger charge is 2.27. The smallest absolute Gasteiger partial charge is 0.216 e. The van der Waals surface area contributed by atoms with Crippen LogP contribution in [0.4, 0.5) is 0 Å². The molecule has 0 atom stereocenters. The van der Waals surface area contributed by atoms with Crippen LogP contribution in [0.3, 0.4) is 0 Å². The summed E-state index contributed by atoms with van der Waals surface area (Å²) in [7, 11) is 1.60. The van der Waals surface area contributed by atoms with Gasteiger partial charge in [0.05, 0.1) is 16.7 Å². The second-order valence-corrected chi connectivity index (χ2v) is 5.15. The zero-order valence-electron chi connectivity index (χ0n) is 11.6. The van der Waals surface area contributed by atoms with E-state index in [4.69, 9.17) is 0 Å². The van der Waals surface area contributed by atoms with Gasteiger partial charge < -0.3 is 5.32 Å². The fourth-order valence-corrected chi connectivity index (χ4v) is 2.21. The van der Waals surface area contributed by atoms with E-state index < -0.39 is 0 Å². The van der Waals surface area contributed by atoms with E-state index >= 15 is 0 Å². The molecule has 1 amide bonds. The Labute approximate surface area is 121 Å². The first kappa shape index (κ1) is 16.2. The van der Waals surface area contributed by atoms with Crippen LogP contribution in [-0.4, -0.2) is 40.5 Å². The molecule has 1 aromatic rings. The number of ketones is 2. The second-order valence-electron chi connectivity index (χ2n) is 4.02. The first-order chi connectivity index (χ1) is 9.51. The van der Waals surface area contributed by atoms with Crippen molar-refractivity contribution in [1.29, 1.82) is 0 Å². The highest BCUT2D eigenvalue weighted by atomic mass is 32.2. The number of H-pyrrole nitrogens is 1. The number of amides is 1. The lowest BCUT2D eigenvalue weighted by Gasteiger charge is -2.09. The molecule has 2 rings (SSSR count). The van der Waals surface area contributed by atoms with E-state index in [1.165, 1.54) is 31.0 Å². The average molecular weight is 295 g/mol. The van der Waals surface area contributed by atoms with Gasteiger partial charge in [-0.1, -0.05) is 6.92 Å². The maximum Gasteiger partial charge on any atom is 0.216 e. The first-order valence-corrected chi connectivity index (χ1v) is 7.15. The largest absolute Gasteiger partial charge is 0.359 e. The number of Topliss-reactive ketones (excluding diaryl/α,β-unsaturated/α-hetero) is 1. The van der Waals surface area contributed by atoms with Gasteiger partial charge in [-0.2, -0.15) is 5.10 Å². The molecule has 0 fully saturated rings. The lowest BCUT2D eigenvalue weighted by molar-refractivity contribution is -0.118. The number of allylic oxidation sites excluding steroid dienone is 2. The molecule has 1 aliphatic carbocycles. The lowest BCUT2D eigenvalue weighted by atomic mass is 10.0. The lowest BCUT2D eigenvalue weighted by Crippen LogP contribution is -2.14. The number of carbonyl (C=O) groups excluding carboxylic acids is 3. The van der Waals surface area contributed by atoms with E-state index in [0.29, 0.717) is 16.2 Å². The van der Waals surface area contributed by atoms with Crippen LogP contribution in [0, 0.1) is 0 Å². The molecule has 1 heterocycles. The number of fused-ring (bicyclic) bond motifs is 1. The van der Waals surface area contributed by atoms with Crippen molar-refractivity contribution in [2.75, 3.05) is 12.8 Å². The van der Waals surface area contributed by atoms with Crippen molar-refractivity contribution in [2.24, 2.45) is 0 Å². The predicted octanol–water partition coefficient (Wildman–Crippen LogP) is 1.57. The highest BCUT2D eigenvalue weighted by Crippen LogP contribution is 2.27. The van der Waals surface area contributed by atoms with E-state index in [1.54, 1.807) is 7.05 Å². The monoisotopic (exact) mass is 295 g/mol. The predicted molar refractivity (Wildman–Crippen MR) is 77.8 cm³/mol. The van der Waals surface area contributed by atoms with Gasteiger partial charge in [0.25, 0.3) is 0 Å². The third kappa shape index (κ3) is 4.06. The number of hydrogen-bond donors (Lipinski definition) is 2. The zero-order valence-corrected chi connectivity index (χ0v) is 12.5. The minimum absolute atomic E-state index is 0.00463. The number of thioether (sulfide) groups is 1. The molecular formula is C13H17N3O3S. The highest BCUT2D eigenvalue weighted by molar-refractivity contribution is 8.04. The maximum atomic E-state index is 11.8. The number of rotatable bonds is 3. The molecule has 7 heteroatoms. The van der Waals surface area contributed by atoms with E-state index in [9.17, 15) is 14.4 Å². The molecule has 0 saturated heterocycles. The number of hydrogen-bond acceptors (Lipinski definition) is 5. The van der Waals surface area contributed by atoms with Crippen molar-refractivity contribution in [3.8, 4) is 0 Å². The van der Waals surface area contributed by atoms with Gasteiger partial charge in [-0.3, -0.25) is 19.5 Å². The van der Waals surface area contributed by atoms with Crippen LogP contribution >= 0.6 is 11.8 Å². The minimum Gasteiger partial charge on any atom is -0.359 e. The molecule has 20 heavy (non-hydrogen) atoms. The standard InChI is InChI=1S/C10H10N2O2S.C3H7NO/c1-2-3-15-8-4-7(13)9-6(10(8)14)5-11-12-9;1-3(5)4-2/h4-5H,2-3H2,1H3,(H,11,12);1-2H3,(H,4,5). The Kier molecular flexibility index (Phi) is 6.17. The molecule has 0 spiro atoms. The van der Waals surface area contributed by atoms with Crippen LogP contribution in [-0.2, 0) is 4.79 Å². The molecule has 0 aliphatic heterocycles. The topological polar surface area (TPSA) is 91.9 Å². The molecule has 0 bridgehead atoms. The van der Waals surface area contributed by atoms with Gasteiger partial charge >= 0.3 is 0 Å². The second kappa shape index (κ2) is 7.64. The van der Waals surface area contributed by atoms with Crippen LogP contribution < -0.4 is 5.32 Å². The molecule has 1 aromatic heterocycles. The van der Waals surface area contributed by atoms with E-state index in [1.807, 2.05) is 6.92 Å². The first-order valence-electron chi connectivity index (χ1n) is 6.16. The Morgan fingerprint density at radius 1 is 1.45 bits per heavy atom. The Morgan fingerprint density at radius 3 is 2.65 bits per heavy atom. The molecule has 0 unspecified atom stereocenters. The number of carbonyl (C=O) groups is 3. The summed E-state index contributed by atoms with van der Waals surface area (Å²) in [5, 5.41) is 8.64. The van der Waals surface area contributed by atoms with Crippen molar-refractivity contribution in [1.82, 2.24) is 15.5 Å². The molecule has 2 N–H and O–H groups in total. The van der Waals surface area contributed by atoms with Gasteiger partial charge in [0, 0.05) is 20.0 Å². The third-order valence-electron chi connectivity index (χ3n) is 2.43. The van der Waals surface area contributed by atoms with E-state index in [0.717, 1.165) is 12.2 Å². The Hall–Kier alpha value is -1.89. The Balaban J connectivity index is 0.000000347. The van der Waals surface area contributed by atoms with Crippen molar-refractivity contribution in [3.63, 3.8) is 0 Å². The quantitative estimate of drug-likeness (QED) is 0.883. The van der Waals surface area contributed by atoms with Crippen LogP contribution in [0.1, 0.15) is 41.1 Å². The van der Waals surface area contributed by atoms with Gasteiger partial charge in [-0.15, -0.1) is 11.8 Å². The van der Waals surface area contributed by atoms with Crippen molar-refractivity contribution in [2.45, 2.75) is 20.3 Å². The summed E-state index contributed by atoms with van der Waals surface area (Å²) in [4.78, 5) is 33.6. The van der Waals surface area contributed by atoms with Gasteiger partial charge in [0.1, 0.15) is 5.69 Å². The van der Waals surface area contributed by atoms with Crippen molar-refractivity contribution in [3.05, 3.63) is 28.4 Å². The molecule has 1 aliphatic rings. The van der Waals surface area contributed by atoms with Crippen molar-refractivity contribution >= 4 is 29.2 Å². The van der Waals surface area contributed by atoms with Crippen LogP contribution in [0.2, 0.25) is 0 Å². The summed E-state index contributed by atoms with van der Waals surface area (Å²) in [6.45, 7) is 3.51. The van der Waals surface area contributed by atoms with Gasteiger partial charge in [0.15, 0.2) is 0 Å². The van der Waals surface area contributed by atoms with Crippen LogP contribution in [0.15, 0.2) is 17.2 Å². The summed E-state index contributed by atoms with van der Waals surface area (Å²) in [6.07, 6.45) is 3.78. The molecule has 0 aromatic carbocycles. The number of nitrogens with zero attached hydrogens (tertiary/aromatic N) is 1. The normalized spacial score (nSPS) is 13.1. The van der Waals surface area contributed by atoms with Gasteiger partial charge in [0.2, 0.25) is 17.5 Å². The Morgan fingerprint density at radius 2 is 2.10 bits per heavy atom. The molecule has 108 valence electrons. The third-order valence-corrected chi connectivity index (χ3v) is 3.66. The molecule has 0 saturated carbocycles. The van der Waals surface area contributed by atoms with Gasteiger partial charge in [-0.25, -0.2) is 0 Å². The van der Waals surface area contributed by atoms with E-state index in [2.05, 4.69) is 15.5 Å². The average Bonchev–Trinajstić information content (AvgIpc) is 2.92. The van der Waals surface area contributed by atoms with Crippen LogP contribution in [0.25, 0.3) is 0 Å². The molecule has 6 nitrogen and oxygen atoms in total. The number of aromatic nitrogens is 2. The van der Waals surface area contributed by atoms with Crippen molar-refractivity contribution < 1.29 is 14.4 Å². The number of nitrogens with one attached hydrogen (secondary N) is 2. The summed E-state index contributed by atoms with van der Waals surface area (Å²) in [6, 6.07) is 0. The zero-order chi connectivity index (χ0) is 15.1. The summed E-state index contributed by atoms with van der Waals surface area (Å²) in [5.74, 6) is 0.584. The van der Waals surface area contributed by atoms with Crippen LogP contribution in [0.5, 0.6) is 0 Å². The maximum absolute atomic E-state index is 11.8. The molecule has 0 radical (unpaired) electrons. The van der Waals surface area contributed by atoms with Gasteiger partial charge in [-0.05, 0) is 12.2 Å². The fraction of sp³-hybridized carbons (Fsp3) is 0.385. The van der Waals surface area contributed by atoms with E-state index in [-0.39, 0.29) is 17.5 Å². The minimum atomic E-state index is -0.166. The summed E-state index contributed by atoms with van der Waals surface area (Å²) < 4.78 is 0. The summed E-state index contributed by atoms with van der Waals surface area (Å²) in [5.41, 5.74) is 0.696. The molecular weight excluding hydrogens is 278 g/mol. The number of aromatic amines is 1. The Bertz CT molecular complexity index is 549.